The summed E-state index contributed by atoms with van der Waals surface area (Å²) in [6.45, 7) is 2.67. The summed E-state index contributed by atoms with van der Waals surface area (Å²) in [5.41, 5.74) is 1.05. The maximum absolute atomic E-state index is 12.9. The molecule has 0 N–H and O–H groups in total. The van der Waals surface area contributed by atoms with E-state index in [-0.39, 0.29) is 10.5 Å². The third kappa shape index (κ3) is 4.26. The van der Waals surface area contributed by atoms with E-state index in [4.69, 9.17) is 4.42 Å². The average Bonchev–Trinajstić information content (AvgIpc) is 3.28. The van der Waals surface area contributed by atoms with Gasteiger partial charge in [0.15, 0.2) is 0 Å². The van der Waals surface area contributed by atoms with Crippen LogP contribution in [0.5, 0.6) is 0 Å². The van der Waals surface area contributed by atoms with Crippen molar-refractivity contribution in [3.63, 3.8) is 0 Å². The molecule has 0 amide bonds. The minimum Gasteiger partial charge on any atom is -0.421 e. The van der Waals surface area contributed by atoms with Gasteiger partial charge in [0, 0.05) is 44.7 Å². The molecule has 1 saturated heterocycles. The molecule has 0 unspecified atom stereocenters. The number of benzene rings is 2. The predicted octanol–water partition coefficient (Wildman–Crippen LogP) is 2.16. The monoisotopic (exact) mass is 423 g/mol. The Balaban J connectivity index is 1.33. The Morgan fingerprint density at radius 2 is 1.67 bits per heavy atom. The fraction of sp³-hybridized carbons (Fsp3) is 0.286. The fourth-order valence-corrected chi connectivity index (χ4v) is 4.99. The molecule has 9 heteroatoms. The number of nitrogens with zero attached hydrogens (tertiary/aromatic N) is 5. The Morgan fingerprint density at radius 3 is 2.40 bits per heavy atom. The van der Waals surface area contributed by atoms with Crippen LogP contribution in [0.2, 0.25) is 0 Å². The molecule has 4 rings (SSSR count). The quantitative estimate of drug-likeness (QED) is 0.598. The maximum atomic E-state index is 12.9. The average molecular weight is 423 g/mol. The van der Waals surface area contributed by atoms with Gasteiger partial charge < -0.3 is 9.32 Å². The highest BCUT2D eigenvalue weighted by atomic mass is 32.2. The summed E-state index contributed by atoms with van der Waals surface area (Å²) in [4.78, 5) is 2.24. The number of piperazine rings is 1. The van der Waals surface area contributed by atoms with Crippen LogP contribution >= 0.6 is 0 Å². The summed E-state index contributed by atoms with van der Waals surface area (Å²) in [6, 6.07) is 17.9. The molecule has 1 aliphatic heterocycles. The number of nitriles is 1. The van der Waals surface area contributed by atoms with Gasteiger partial charge in [-0.25, -0.2) is 8.42 Å². The molecular weight excluding hydrogens is 402 g/mol. The van der Waals surface area contributed by atoms with Crippen LogP contribution in [0.15, 0.2) is 63.9 Å². The van der Waals surface area contributed by atoms with Crippen molar-refractivity contribution >= 4 is 10.0 Å². The van der Waals surface area contributed by atoms with Crippen LogP contribution in [-0.2, 0) is 16.4 Å². The van der Waals surface area contributed by atoms with E-state index in [9.17, 15) is 13.7 Å². The molecule has 2 aromatic carbocycles. The summed E-state index contributed by atoms with van der Waals surface area (Å²) in [6.07, 6.45) is 0.601. The van der Waals surface area contributed by atoms with Crippen LogP contribution in [0.3, 0.4) is 0 Å². The first-order valence-electron chi connectivity index (χ1n) is 9.67. The highest BCUT2D eigenvalue weighted by Gasteiger charge is 2.30. The Kier molecular flexibility index (Phi) is 5.90. The minimum absolute atomic E-state index is 0.0697. The van der Waals surface area contributed by atoms with E-state index in [0.29, 0.717) is 50.9 Å². The van der Waals surface area contributed by atoms with E-state index in [0.717, 1.165) is 5.56 Å². The molecule has 0 radical (unpaired) electrons. The molecule has 2 heterocycles. The molecule has 0 bridgehead atoms. The molecular formula is C21H21N5O3S. The lowest BCUT2D eigenvalue weighted by molar-refractivity contribution is 0.187. The Morgan fingerprint density at radius 1 is 0.967 bits per heavy atom. The van der Waals surface area contributed by atoms with Gasteiger partial charge in [-0.15, -0.1) is 10.2 Å². The third-order valence-corrected chi connectivity index (χ3v) is 7.04. The van der Waals surface area contributed by atoms with Crippen molar-refractivity contribution in [3.8, 4) is 17.5 Å². The van der Waals surface area contributed by atoms with Gasteiger partial charge in [0.05, 0.1) is 10.5 Å². The van der Waals surface area contributed by atoms with Crippen LogP contribution in [-0.4, -0.2) is 60.5 Å². The fourth-order valence-electron chi connectivity index (χ4n) is 3.42. The summed E-state index contributed by atoms with van der Waals surface area (Å²) in [5, 5.41) is 17.4. The standard InChI is InChI=1S/C21H21N5O3S/c22-16-18-8-4-5-9-19(18)30(27,28)26-14-12-25(13-15-26)11-10-20-23-24-21(29-20)17-6-2-1-3-7-17/h1-9H,10-15H2. The molecule has 3 aromatic rings. The second-order valence-electron chi connectivity index (χ2n) is 6.97. The zero-order valence-electron chi connectivity index (χ0n) is 16.3. The van der Waals surface area contributed by atoms with Gasteiger partial charge >= 0.3 is 0 Å². The number of hydrogen-bond acceptors (Lipinski definition) is 7. The van der Waals surface area contributed by atoms with E-state index in [2.05, 4.69) is 15.1 Å². The third-order valence-electron chi connectivity index (χ3n) is 5.09. The van der Waals surface area contributed by atoms with Crippen molar-refractivity contribution in [1.82, 2.24) is 19.4 Å². The molecule has 0 spiro atoms. The highest BCUT2D eigenvalue weighted by Crippen LogP contribution is 2.21. The molecule has 8 nitrogen and oxygen atoms in total. The van der Waals surface area contributed by atoms with Gasteiger partial charge in [-0.2, -0.15) is 9.57 Å². The molecule has 0 atom stereocenters. The van der Waals surface area contributed by atoms with Crippen molar-refractivity contribution in [1.29, 1.82) is 5.26 Å². The zero-order valence-corrected chi connectivity index (χ0v) is 17.1. The maximum Gasteiger partial charge on any atom is 0.247 e. The first-order chi connectivity index (χ1) is 14.6. The summed E-state index contributed by atoms with van der Waals surface area (Å²) < 4.78 is 33.0. The van der Waals surface area contributed by atoms with Crippen molar-refractivity contribution in [2.24, 2.45) is 0 Å². The van der Waals surface area contributed by atoms with E-state index < -0.39 is 10.0 Å². The number of hydrogen-bond donors (Lipinski definition) is 0. The Bertz CT molecular complexity index is 1150. The molecule has 1 fully saturated rings. The van der Waals surface area contributed by atoms with Gasteiger partial charge in [0.2, 0.25) is 21.8 Å². The molecule has 1 aliphatic rings. The molecule has 154 valence electrons. The largest absolute Gasteiger partial charge is 0.421 e. The van der Waals surface area contributed by atoms with Gasteiger partial charge in [0.1, 0.15) is 6.07 Å². The van der Waals surface area contributed by atoms with E-state index >= 15 is 0 Å². The number of aromatic nitrogens is 2. The van der Waals surface area contributed by atoms with Crippen LogP contribution in [0, 0.1) is 11.3 Å². The van der Waals surface area contributed by atoms with Crippen molar-refractivity contribution < 1.29 is 12.8 Å². The lowest BCUT2D eigenvalue weighted by Gasteiger charge is -2.33. The Labute approximate surface area is 175 Å². The predicted molar refractivity (Wildman–Crippen MR) is 110 cm³/mol. The molecule has 0 saturated carbocycles. The topological polar surface area (TPSA) is 103 Å². The second-order valence-corrected chi connectivity index (χ2v) is 8.88. The van der Waals surface area contributed by atoms with Crippen LogP contribution in [0.4, 0.5) is 0 Å². The van der Waals surface area contributed by atoms with E-state index in [1.165, 1.54) is 16.4 Å². The first kappa shape index (κ1) is 20.2. The minimum atomic E-state index is -3.68. The number of rotatable bonds is 6. The zero-order chi connectivity index (χ0) is 21.0. The smallest absolute Gasteiger partial charge is 0.247 e. The van der Waals surface area contributed by atoms with Gasteiger partial charge in [0.25, 0.3) is 0 Å². The van der Waals surface area contributed by atoms with E-state index in [1.807, 2.05) is 36.4 Å². The Hall–Kier alpha value is -3.06. The van der Waals surface area contributed by atoms with Crippen LogP contribution < -0.4 is 0 Å². The SMILES string of the molecule is N#Cc1ccccc1S(=O)(=O)N1CCN(CCc2nnc(-c3ccccc3)o2)CC1. The van der Waals surface area contributed by atoms with E-state index in [1.54, 1.807) is 12.1 Å². The van der Waals surface area contributed by atoms with Gasteiger partial charge in [-0.05, 0) is 24.3 Å². The highest BCUT2D eigenvalue weighted by molar-refractivity contribution is 7.89. The normalized spacial score (nSPS) is 15.7. The molecule has 0 aliphatic carbocycles. The summed E-state index contributed by atoms with van der Waals surface area (Å²) in [5.74, 6) is 1.06. The first-order valence-corrected chi connectivity index (χ1v) is 11.1. The summed E-state index contributed by atoms with van der Waals surface area (Å²) >= 11 is 0. The number of sulfonamides is 1. The van der Waals surface area contributed by atoms with Gasteiger partial charge in [-0.1, -0.05) is 30.3 Å². The van der Waals surface area contributed by atoms with Gasteiger partial charge in [-0.3, -0.25) is 0 Å². The lowest BCUT2D eigenvalue weighted by atomic mass is 10.2. The summed E-state index contributed by atoms with van der Waals surface area (Å²) in [7, 11) is -3.68. The second kappa shape index (κ2) is 8.75. The van der Waals surface area contributed by atoms with Crippen molar-refractivity contribution in [3.05, 3.63) is 66.1 Å². The van der Waals surface area contributed by atoms with Crippen LogP contribution in [0.1, 0.15) is 11.5 Å². The lowest BCUT2D eigenvalue weighted by Crippen LogP contribution is -2.49. The molecule has 1 aromatic heterocycles. The van der Waals surface area contributed by atoms with Crippen molar-refractivity contribution in [2.75, 3.05) is 32.7 Å². The van der Waals surface area contributed by atoms with Crippen LogP contribution in [0.25, 0.3) is 11.5 Å². The molecule has 30 heavy (non-hydrogen) atoms. The van der Waals surface area contributed by atoms with Crippen molar-refractivity contribution in [2.45, 2.75) is 11.3 Å².